The molecule has 2 aromatic carbocycles. The quantitative estimate of drug-likeness (QED) is 0.600. The molecule has 1 amide bonds. The minimum absolute atomic E-state index is 0.399. The fourth-order valence-corrected chi connectivity index (χ4v) is 4.34. The minimum Gasteiger partial charge on any atom is -0.496 e. The van der Waals surface area contributed by atoms with Crippen LogP contribution in [-0.2, 0) is 6.42 Å². The molecule has 0 saturated carbocycles. The first-order valence-electron chi connectivity index (χ1n) is 10.2. The van der Waals surface area contributed by atoms with Crippen LogP contribution >= 0.6 is 0 Å². The van der Waals surface area contributed by atoms with Crippen LogP contribution in [0.15, 0.2) is 53.8 Å². The highest BCUT2D eigenvalue weighted by molar-refractivity contribution is 5.97. The van der Waals surface area contributed by atoms with Crippen molar-refractivity contribution in [3.63, 3.8) is 0 Å². The average molecular weight is 406 g/mol. The van der Waals surface area contributed by atoms with Gasteiger partial charge in [0.1, 0.15) is 11.4 Å². The molecule has 0 aliphatic carbocycles. The number of methoxy groups -OCH3 is 1. The predicted octanol–water partition coefficient (Wildman–Crippen LogP) is 4.03. The number of aromatic nitrogens is 1. The van der Waals surface area contributed by atoms with E-state index in [0.29, 0.717) is 17.3 Å². The maximum absolute atomic E-state index is 11.5. The average Bonchev–Trinajstić information content (AvgIpc) is 3.21. The topological polar surface area (TPSA) is 89.9 Å². The Morgan fingerprint density at radius 1 is 1.17 bits per heavy atom. The van der Waals surface area contributed by atoms with E-state index in [1.54, 1.807) is 31.4 Å². The maximum atomic E-state index is 11.5. The second kappa shape index (κ2) is 8.67. The van der Waals surface area contributed by atoms with Crippen LogP contribution in [0, 0.1) is 4.91 Å². The van der Waals surface area contributed by atoms with Crippen molar-refractivity contribution in [2.75, 3.05) is 26.7 Å². The predicted molar refractivity (Wildman–Crippen MR) is 117 cm³/mol. The molecule has 1 fully saturated rings. The summed E-state index contributed by atoms with van der Waals surface area (Å²) >= 11 is 0. The van der Waals surface area contributed by atoms with Gasteiger partial charge in [-0.25, -0.2) is 0 Å². The molecular weight excluding hydrogens is 380 g/mol. The molecule has 7 heteroatoms. The third-order valence-electron chi connectivity index (χ3n) is 6.03. The van der Waals surface area contributed by atoms with Crippen LogP contribution in [0.4, 0.5) is 5.69 Å². The Kier molecular flexibility index (Phi) is 5.81. The van der Waals surface area contributed by atoms with Crippen LogP contribution in [0.25, 0.3) is 10.9 Å². The molecule has 2 N–H and O–H groups in total. The summed E-state index contributed by atoms with van der Waals surface area (Å²) in [6, 6.07) is 13.4. The van der Waals surface area contributed by atoms with Crippen molar-refractivity contribution in [2.45, 2.75) is 25.3 Å². The van der Waals surface area contributed by atoms with Gasteiger partial charge in [-0.2, -0.15) is 0 Å². The summed E-state index contributed by atoms with van der Waals surface area (Å²) in [7, 11) is 1.64. The van der Waals surface area contributed by atoms with Gasteiger partial charge < -0.3 is 19.9 Å². The smallest absolute Gasteiger partial charge is 0.248 e. The molecular formula is C23H26N4O3. The largest absolute Gasteiger partial charge is 0.496 e. The van der Waals surface area contributed by atoms with E-state index in [1.165, 1.54) is 0 Å². The minimum atomic E-state index is -0.399. The van der Waals surface area contributed by atoms with E-state index in [1.807, 2.05) is 12.1 Å². The SMILES string of the molecule is COc1ccc(N=O)cc1CCN1CCC(n2ccc3ccc(C(N)=O)cc32)CC1. The molecule has 1 saturated heterocycles. The second-order valence-corrected chi connectivity index (χ2v) is 7.77. The monoisotopic (exact) mass is 406 g/mol. The summed E-state index contributed by atoms with van der Waals surface area (Å²) in [6.45, 7) is 2.89. The summed E-state index contributed by atoms with van der Waals surface area (Å²) in [6.07, 6.45) is 5.00. The lowest BCUT2D eigenvalue weighted by Gasteiger charge is -2.33. The lowest BCUT2D eigenvalue weighted by Crippen LogP contribution is -2.35. The van der Waals surface area contributed by atoms with Crippen molar-refractivity contribution in [3.05, 3.63) is 64.7 Å². The summed E-state index contributed by atoms with van der Waals surface area (Å²) in [5, 5.41) is 4.15. The van der Waals surface area contributed by atoms with Crippen LogP contribution < -0.4 is 10.5 Å². The Hall–Kier alpha value is -3.19. The van der Waals surface area contributed by atoms with Crippen LogP contribution in [0.5, 0.6) is 5.75 Å². The zero-order valence-electron chi connectivity index (χ0n) is 17.1. The Morgan fingerprint density at radius 3 is 2.67 bits per heavy atom. The van der Waals surface area contributed by atoms with Gasteiger partial charge in [0, 0.05) is 43.0 Å². The molecule has 30 heavy (non-hydrogen) atoms. The van der Waals surface area contributed by atoms with E-state index in [9.17, 15) is 9.70 Å². The van der Waals surface area contributed by atoms with Gasteiger partial charge in [-0.15, -0.1) is 4.91 Å². The molecule has 3 aromatic rings. The van der Waals surface area contributed by atoms with E-state index in [4.69, 9.17) is 10.5 Å². The molecule has 7 nitrogen and oxygen atoms in total. The number of likely N-dealkylation sites (tertiary alicyclic amines) is 1. The number of amides is 1. The van der Waals surface area contributed by atoms with Gasteiger partial charge in [-0.3, -0.25) is 4.79 Å². The molecule has 0 radical (unpaired) electrons. The van der Waals surface area contributed by atoms with Crippen LogP contribution in [0.3, 0.4) is 0 Å². The Balaban J connectivity index is 1.40. The first-order valence-corrected chi connectivity index (χ1v) is 10.2. The van der Waals surface area contributed by atoms with E-state index in [2.05, 4.69) is 26.9 Å². The number of benzene rings is 2. The normalized spacial score (nSPS) is 15.4. The summed E-state index contributed by atoms with van der Waals surface area (Å²) in [5.41, 5.74) is 8.50. The van der Waals surface area contributed by atoms with Gasteiger partial charge >= 0.3 is 0 Å². The number of rotatable bonds is 7. The zero-order chi connectivity index (χ0) is 21.1. The van der Waals surface area contributed by atoms with Crippen LogP contribution in [0.1, 0.15) is 34.8 Å². The number of fused-ring (bicyclic) bond motifs is 1. The van der Waals surface area contributed by atoms with Crippen molar-refractivity contribution in [3.8, 4) is 5.75 Å². The number of nitroso groups, excluding NO2 is 1. The molecule has 1 aliphatic rings. The standard InChI is InChI=1S/C23H26N4O3/c1-30-22-5-4-19(25-29)14-17(22)6-10-26-11-8-20(9-12-26)27-13-7-16-2-3-18(23(24)28)15-21(16)27/h2-5,7,13-15,20H,6,8-12H2,1H3,(H2,24,28). The molecule has 0 spiro atoms. The fraction of sp³-hybridized carbons (Fsp3) is 0.348. The van der Waals surface area contributed by atoms with Gasteiger partial charge in [0.2, 0.25) is 5.91 Å². The molecule has 2 heterocycles. The third kappa shape index (κ3) is 4.07. The third-order valence-corrected chi connectivity index (χ3v) is 6.03. The molecule has 1 aromatic heterocycles. The number of nitrogens with zero attached hydrogens (tertiary/aromatic N) is 3. The zero-order valence-corrected chi connectivity index (χ0v) is 17.1. The van der Waals surface area contributed by atoms with Gasteiger partial charge in [0.05, 0.1) is 7.11 Å². The highest BCUT2D eigenvalue weighted by atomic mass is 16.5. The molecule has 0 bridgehead atoms. The molecule has 0 unspecified atom stereocenters. The lowest BCUT2D eigenvalue weighted by atomic mass is 10.0. The van der Waals surface area contributed by atoms with Gasteiger partial charge in [0.15, 0.2) is 0 Å². The highest BCUT2D eigenvalue weighted by Gasteiger charge is 2.22. The fourth-order valence-electron chi connectivity index (χ4n) is 4.34. The van der Waals surface area contributed by atoms with Gasteiger partial charge in [-0.05, 0) is 71.8 Å². The van der Waals surface area contributed by atoms with E-state index >= 15 is 0 Å². The number of ether oxygens (including phenoxy) is 1. The maximum Gasteiger partial charge on any atom is 0.248 e. The first kappa shape index (κ1) is 20.1. The number of carbonyl (C=O) groups is 1. The van der Waals surface area contributed by atoms with Crippen molar-refractivity contribution < 1.29 is 9.53 Å². The number of primary amides is 1. The first-order chi connectivity index (χ1) is 14.6. The highest BCUT2D eigenvalue weighted by Crippen LogP contribution is 2.29. The molecule has 4 rings (SSSR count). The number of carbonyl (C=O) groups excluding carboxylic acids is 1. The van der Waals surface area contributed by atoms with Crippen LogP contribution in [-0.4, -0.2) is 42.1 Å². The van der Waals surface area contributed by atoms with Crippen molar-refractivity contribution >= 4 is 22.5 Å². The van der Waals surface area contributed by atoms with E-state index < -0.39 is 5.91 Å². The Bertz CT molecular complexity index is 1070. The summed E-state index contributed by atoms with van der Waals surface area (Å²) < 4.78 is 7.70. The van der Waals surface area contributed by atoms with Crippen molar-refractivity contribution in [2.24, 2.45) is 10.9 Å². The molecule has 1 aliphatic heterocycles. The van der Waals surface area contributed by atoms with Gasteiger partial charge in [-0.1, -0.05) is 6.07 Å². The number of piperidine rings is 1. The Labute approximate surface area is 175 Å². The summed E-state index contributed by atoms with van der Waals surface area (Å²) in [5.74, 6) is 0.394. The summed E-state index contributed by atoms with van der Waals surface area (Å²) in [4.78, 5) is 24.8. The van der Waals surface area contributed by atoms with Crippen molar-refractivity contribution in [1.29, 1.82) is 0 Å². The number of hydrogen-bond acceptors (Lipinski definition) is 5. The molecule has 156 valence electrons. The second-order valence-electron chi connectivity index (χ2n) is 7.77. The van der Waals surface area contributed by atoms with Crippen LogP contribution in [0.2, 0.25) is 0 Å². The lowest BCUT2D eigenvalue weighted by molar-refractivity contribution is 0.100. The van der Waals surface area contributed by atoms with E-state index in [-0.39, 0.29) is 0 Å². The Morgan fingerprint density at radius 2 is 1.97 bits per heavy atom. The van der Waals surface area contributed by atoms with Crippen molar-refractivity contribution in [1.82, 2.24) is 9.47 Å². The van der Waals surface area contributed by atoms with E-state index in [0.717, 1.165) is 61.1 Å². The molecule has 0 atom stereocenters. The van der Waals surface area contributed by atoms with Gasteiger partial charge in [0.25, 0.3) is 0 Å². The number of hydrogen-bond donors (Lipinski definition) is 1. The number of nitrogens with two attached hydrogens (primary N) is 1.